The second kappa shape index (κ2) is 3.26. The van der Waals surface area contributed by atoms with Gasteiger partial charge in [0.05, 0.1) is 5.92 Å². The standard InChI is InChI=1S/C10H17NO3/c1-10(2)6(8(12)11(3)4)5-7(10)9(13)14/h6-7H,5H2,1-4H3,(H,13,14). The van der Waals surface area contributed by atoms with Gasteiger partial charge >= 0.3 is 5.97 Å². The van der Waals surface area contributed by atoms with Gasteiger partial charge in [-0.3, -0.25) is 9.59 Å². The first-order valence-electron chi connectivity index (χ1n) is 4.72. The first kappa shape index (κ1) is 11.0. The summed E-state index contributed by atoms with van der Waals surface area (Å²) < 4.78 is 0. The van der Waals surface area contributed by atoms with Crippen molar-refractivity contribution in [2.24, 2.45) is 17.3 Å². The minimum atomic E-state index is -0.794. The molecule has 4 heteroatoms. The third-order valence-corrected chi connectivity index (χ3v) is 3.30. The summed E-state index contributed by atoms with van der Waals surface area (Å²) in [6, 6.07) is 0. The second-order valence-corrected chi connectivity index (χ2v) is 4.73. The lowest BCUT2D eigenvalue weighted by Crippen LogP contribution is -2.54. The molecule has 0 aromatic rings. The molecule has 1 saturated carbocycles. The predicted octanol–water partition coefficient (Wildman–Crippen LogP) is 0.821. The average molecular weight is 199 g/mol. The van der Waals surface area contributed by atoms with Crippen LogP contribution in [0.3, 0.4) is 0 Å². The van der Waals surface area contributed by atoms with E-state index in [1.807, 2.05) is 13.8 Å². The van der Waals surface area contributed by atoms with Gasteiger partial charge in [0, 0.05) is 20.0 Å². The number of nitrogens with zero attached hydrogens (tertiary/aromatic N) is 1. The summed E-state index contributed by atoms with van der Waals surface area (Å²) in [5.74, 6) is -1.28. The van der Waals surface area contributed by atoms with E-state index in [0.717, 1.165) is 0 Å². The first-order valence-corrected chi connectivity index (χ1v) is 4.72. The van der Waals surface area contributed by atoms with Crippen molar-refractivity contribution in [2.45, 2.75) is 20.3 Å². The van der Waals surface area contributed by atoms with Crippen LogP contribution in [0, 0.1) is 17.3 Å². The van der Waals surface area contributed by atoms with Gasteiger partial charge in [0.15, 0.2) is 0 Å². The van der Waals surface area contributed by atoms with Gasteiger partial charge < -0.3 is 10.0 Å². The lowest BCUT2D eigenvalue weighted by Gasteiger charge is -2.49. The molecule has 1 fully saturated rings. The fourth-order valence-electron chi connectivity index (χ4n) is 2.08. The molecule has 2 unspecified atom stereocenters. The zero-order valence-electron chi connectivity index (χ0n) is 9.07. The molecule has 14 heavy (non-hydrogen) atoms. The maximum atomic E-state index is 11.6. The van der Waals surface area contributed by atoms with Crippen LogP contribution in [0.25, 0.3) is 0 Å². The highest BCUT2D eigenvalue weighted by atomic mass is 16.4. The van der Waals surface area contributed by atoms with Crippen molar-refractivity contribution < 1.29 is 14.7 Å². The Kier molecular flexibility index (Phi) is 2.56. The maximum Gasteiger partial charge on any atom is 0.307 e. The normalized spacial score (nSPS) is 29.1. The van der Waals surface area contributed by atoms with Crippen LogP contribution in [0.2, 0.25) is 0 Å². The number of aliphatic carboxylic acids is 1. The largest absolute Gasteiger partial charge is 0.481 e. The van der Waals surface area contributed by atoms with Gasteiger partial charge in [-0.15, -0.1) is 0 Å². The van der Waals surface area contributed by atoms with Crippen molar-refractivity contribution >= 4 is 11.9 Å². The number of hydrogen-bond acceptors (Lipinski definition) is 2. The molecule has 1 N–H and O–H groups in total. The van der Waals surface area contributed by atoms with Crippen LogP contribution in [0.4, 0.5) is 0 Å². The van der Waals surface area contributed by atoms with Crippen LogP contribution in [-0.4, -0.2) is 36.0 Å². The molecule has 1 aliphatic carbocycles. The van der Waals surface area contributed by atoms with Gasteiger partial charge in [-0.05, 0) is 11.8 Å². The molecule has 1 rings (SSSR count). The van der Waals surface area contributed by atoms with Crippen LogP contribution in [0.1, 0.15) is 20.3 Å². The van der Waals surface area contributed by atoms with Crippen molar-refractivity contribution in [3.63, 3.8) is 0 Å². The molecule has 0 aromatic carbocycles. The van der Waals surface area contributed by atoms with Gasteiger partial charge in [0.2, 0.25) is 5.91 Å². The minimum Gasteiger partial charge on any atom is -0.481 e. The number of carboxylic acids is 1. The highest BCUT2D eigenvalue weighted by Gasteiger charge is 2.55. The molecule has 0 bridgehead atoms. The van der Waals surface area contributed by atoms with Crippen LogP contribution in [0.15, 0.2) is 0 Å². The van der Waals surface area contributed by atoms with Gasteiger partial charge in [-0.1, -0.05) is 13.8 Å². The molecule has 80 valence electrons. The number of carbonyl (C=O) groups excluding carboxylic acids is 1. The molecule has 1 aliphatic rings. The van der Waals surface area contributed by atoms with E-state index in [2.05, 4.69) is 0 Å². The Balaban J connectivity index is 2.72. The topological polar surface area (TPSA) is 57.6 Å². The van der Waals surface area contributed by atoms with E-state index >= 15 is 0 Å². The number of hydrogen-bond donors (Lipinski definition) is 1. The van der Waals surface area contributed by atoms with Crippen LogP contribution in [0.5, 0.6) is 0 Å². The first-order chi connectivity index (χ1) is 6.28. The number of rotatable bonds is 2. The Morgan fingerprint density at radius 3 is 2.07 bits per heavy atom. The van der Waals surface area contributed by atoms with Crippen molar-refractivity contribution in [3.05, 3.63) is 0 Å². The minimum absolute atomic E-state index is 0.0347. The van der Waals surface area contributed by atoms with Crippen molar-refractivity contribution in [2.75, 3.05) is 14.1 Å². The van der Waals surface area contributed by atoms with E-state index in [0.29, 0.717) is 6.42 Å². The van der Waals surface area contributed by atoms with Crippen LogP contribution >= 0.6 is 0 Å². The van der Waals surface area contributed by atoms with Crippen molar-refractivity contribution in [1.82, 2.24) is 4.90 Å². The molecule has 0 radical (unpaired) electrons. The Morgan fingerprint density at radius 2 is 1.79 bits per heavy atom. The third-order valence-electron chi connectivity index (χ3n) is 3.30. The molecule has 0 spiro atoms. The van der Waals surface area contributed by atoms with Gasteiger partial charge in [0.1, 0.15) is 0 Å². The summed E-state index contributed by atoms with van der Waals surface area (Å²) in [6.45, 7) is 3.70. The van der Waals surface area contributed by atoms with E-state index < -0.39 is 11.4 Å². The highest BCUT2D eigenvalue weighted by molar-refractivity contribution is 5.84. The lowest BCUT2D eigenvalue weighted by molar-refractivity contribution is -0.166. The van der Waals surface area contributed by atoms with Gasteiger partial charge in [0.25, 0.3) is 0 Å². The zero-order chi connectivity index (χ0) is 11.1. The van der Waals surface area contributed by atoms with E-state index in [1.54, 1.807) is 14.1 Å². The Labute approximate surface area is 83.9 Å². The summed E-state index contributed by atoms with van der Waals surface area (Å²) in [6.07, 6.45) is 0.472. The molecular weight excluding hydrogens is 182 g/mol. The second-order valence-electron chi connectivity index (χ2n) is 4.73. The summed E-state index contributed by atoms with van der Waals surface area (Å²) in [5.41, 5.74) is -0.410. The van der Waals surface area contributed by atoms with E-state index in [4.69, 9.17) is 5.11 Å². The smallest absolute Gasteiger partial charge is 0.307 e. The SMILES string of the molecule is CN(C)C(=O)C1CC(C(=O)O)C1(C)C. The van der Waals surface area contributed by atoms with Crippen molar-refractivity contribution in [3.8, 4) is 0 Å². The molecule has 0 saturated heterocycles. The molecule has 0 heterocycles. The monoisotopic (exact) mass is 199 g/mol. The molecular formula is C10H17NO3. The molecule has 1 amide bonds. The van der Waals surface area contributed by atoms with Crippen LogP contribution in [-0.2, 0) is 9.59 Å². The van der Waals surface area contributed by atoms with Gasteiger partial charge in [-0.2, -0.15) is 0 Å². The summed E-state index contributed by atoms with van der Waals surface area (Å²) in [4.78, 5) is 24.0. The summed E-state index contributed by atoms with van der Waals surface area (Å²) in [7, 11) is 3.40. The van der Waals surface area contributed by atoms with E-state index in [9.17, 15) is 9.59 Å². The van der Waals surface area contributed by atoms with E-state index in [-0.39, 0.29) is 17.7 Å². The van der Waals surface area contributed by atoms with E-state index in [1.165, 1.54) is 4.90 Å². The fraction of sp³-hybridized carbons (Fsp3) is 0.800. The third kappa shape index (κ3) is 1.49. The Bertz CT molecular complexity index is 271. The zero-order valence-corrected chi connectivity index (χ0v) is 9.07. The number of carboxylic acid groups (broad SMARTS) is 1. The molecule has 0 aliphatic heterocycles. The number of carbonyl (C=O) groups is 2. The number of amides is 1. The Morgan fingerprint density at radius 1 is 1.29 bits per heavy atom. The quantitative estimate of drug-likeness (QED) is 0.716. The predicted molar refractivity (Wildman–Crippen MR) is 51.7 cm³/mol. The average Bonchev–Trinajstić information content (AvgIpc) is 2.01. The van der Waals surface area contributed by atoms with Crippen LogP contribution < -0.4 is 0 Å². The fourth-order valence-corrected chi connectivity index (χ4v) is 2.08. The highest BCUT2D eigenvalue weighted by Crippen LogP contribution is 2.51. The summed E-state index contributed by atoms with van der Waals surface area (Å²) >= 11 is 0. The molecule has 4 nitrogen and oxygen atoms in total. The molecule has 0 aromatic heterocycles. The molecule has 2 atom stereocenters. The Hall–Kier alpha value is -1.06. The van der Waals surface area contributed by atoms with Crippen molar-refractivity contribution in [1.29, 1.82) is 0 Å². The van der Waals surface area contributed by atoms with Gasteiger partial charge in [-0.25, -0.2) is 0 Å². The lowest BCUT2D eigenvalue weighted by atomic mass is 9.54. The summed E-state index contributed by atoms with van der Waals surface area (Å²) in [5, 5.41) is 8.88. The maximum absolute atomic E-state index is 11.6.